The highest BCUT2D eigenvalue weighted by Crippen LogP contribution is 2.29. The fourth-order valence-electron chi connectivity index (χ4n) is 2.56. The van der Waals surface area contributed by atoms with Crippen molar-refractivity contribution < 1.29 is 9.47 Å². The lowest BCUT2D eigenvalue weighted by molar-refractivity contribution is -0.0887. The van der Waals surface area contributed by atoms with E-state index in [0.717, 1.165) is 31.6 Å². The number of rotatable bonds is 7. The average Bonchev–Trinajstić information content (AvgIpc) is 2.42. The first kappa shape index (κ1) is 14.4. The van der Waals surface area contributed by atoms with E-state index in [9.17, 15) is 0 Å². The third-order valence-corrected chi connectivity index (χ3v) is 3.77. The highest BCUT2D eigenvalue weighted by Gasteiger charge is 2.42. The van der Waals surface area contributed by atoms with Crippen molar-refractivity contribution in [2.75, 3.05) is 13.7 Å². The zero-order chi connectivity index (χ0) is 13.7. The van der Waals surface area contributed by atoms with Gasteiger partial charge >= 0.3 is 0 Å². The predicted molar refractivity (Wildman–Crippen MR) is 77.7 cm³/mol. The van der Waals surface area contributed by atoms with Crippen LogP contribution in [-0.4, -0.2) is 31.9 Å². The quantitative estimate of drug-likeness (QED) is 0.820. The van der Waals surface area contributed by atoms with Crippen LogP contribution in [0.4, 0.5) is 0 Å². The van der Waals surface area contributed by atoms with Crippen LogP contribution < -0.4 is 10.1 Å². The lowest BCUT2D eigenvalue weighted by atomic mass is 9.85. The van der Waals surface area contributed by atoms with Crippen LogP contribution in [0, 0.1) is 0 Å². The van der Waals surface area contributed by atoms with Crippen molar-refractivity contribution in [2.24, 2.45) is 0 Å². The highest BCUT2D eigenvalue weighted by molar-refractivity contribution is 5.29. The summed E-state index contributed by atoms with van der Waals surface area (Å²) in [6, 6.07) is 8.77. The van der Waals surface area contributed by atoms with Gasteiger partial charge in [0.1, 0.15) is 18.0 Å². The standard InChI is InChI=1S/C16H25NO2/c1-4-9-17-14-11-15(16(14)18-3)19-13-8-6-7-12(5-2)10-13/h6-8,10,14-17H,4-5,9,11H2,1-3H3. The van der Waals surface area contributed by atoms with E-state index in [2.05, 4.69) is 37.4 Å². The van der Waals surface area contributed by atoms with Gasteiger partial charge in [0.05, 0.1) is 0 Å². The molecule has 1 N–H and O–H groups in total. The Labute approximate surface area is 116 Å². The molecule has 1 aliphatic carbocycles. The van der Waals surface area contributed by atoms with E-state index in [1.165, 1.54) is 5.56 Å². The van der Waals surface area contributed by atoms with Crippen molar-refractivity contribution in [3.05, 3.63) is 29.8 Å². The molecule has 3 atom stereocenters. The fourth-order valence-corrected chi connectivity index (χ4v) is 2.56. The van der Waals surface area contributed by atoms with Gasteiger partial charge in [-0.1, -0.05) is 26.0 Å². The molecule has 106 valence electrons. The summed E-state index contributed by atoms with van der Waals surface area (Å²) in [6.45, 7) is 5.38. The molecule has 0 amide bonds. The Hall–Kier alpha value is -1.06. The topological polar surface area (TPSA) is 30.5 Å². The molecule has 0 radical (unpaired) electrons. The van der Waals surface area contributed by atoms with E-state index in [1.54, 1.807) is 7.11 Å². The van der Waals surface area contributed by atoms with Gasteiger partial charge in [0.15, 0.2) is 0 Å². The van der Waals surface area contributed by atoms with Gasteiger partial charge in [-0.2, -0.15) is 0 Å². The summed E-state index contributed by atoms with van der Waals surface area (Å²) in [6.07, 6.45) is 3.55. The van der Waals surface area contributed by atoms with E-state index >= 15 is 0 Å². The molecule has 1 fully saturated rings. The summed E-state index contributed by atoms with van der Waals surface area (Å²) >= 11 is 0. The number of hydrogen-bond donors (Lipinski definition) is 1. The number of ether oxygens (including phenoxy) is 2. The summed E-state index contributed by atoms with van der Waals surface area (Å²) in [5.74, 6) is 0.959. The normalized spacial score (nSPS) is 25.9. The van der Waals surface area contributed by atoms with Crippen molar-refractivity contribution in [2.45, 2.75) is 51.4 Å². The first-order chi connectivity index (χ1) is 9.28. The zero-order valence-electron chi connectivity index (χ0n) is 12.2. The Balaban J connectivity index is 1.89. The molecule has 1 saturated carbocycles. The molecule has 0 aromatic heterocycles. The second kappa shape index (κ2) is 6.92. The van der Waals surface area contributed by atoms with Crippen LogP contribution in [0.1, 0.15) is 32.3 Å². The second-order valence-electron chi connectivity index (χ2n) is 5.15. The van der Waals surface area contributed by atoms with Crippen LogP contribution in [0.3, 0.4) is 0 Å². The molecule has 0 bridgehead atoms. The Morgan fingerprint density at radius 3 is 2.84 bits per heavy atom. The van der Waals surface area contributed by atoms with Gasteiger partial charge in [-0.05, 0) is 37.1 Å². The number of nitrogens with one attached hydrogen (secondary N) is 1. The van der Waals surface area contributed by atoms with Crippen molar-refractivity contribution in [3.8, 4) is 5.75 Å². The molecule has 3 nitrogen and oxygen atoms in total. The van der Waals surface area contributed by atoms with Gasteiger partial charge in [-0.3, -0.25) is 0 Å². The summed E-state index contributed by atoms with van der Waals surface area (Å²) in [7, 11) is 1.77. The van der Waals surface area contributed by atoms with Crippen molar-refractivity contribution in [1.82, 2.24) is 5.32 Å². The number of benzene rings is 1. The first-order valence-corrected chi connectivity index (χ1v) is 7.30. The molecule has 0 heterocycles. The van der Waals surface area contributed by atoms with Gasteiger partial charge in [0.25, 0.3) is 0 Å². The van der Waals surface area contributed by atoms with Gasteiger partial charge in [-0.25, -0.2) is 0 Å². The van der Waals surface area contributed by atoms with E-state index in [-0.39, 0.29) is 12.2 Å². The lowest BCUT2D eigenvalue weighted by Gasteiger charge is -2.43. The van der Waals surface area contributed by atoms with Gasteiger partial charge in [0, 0.05) is 19.6 Å². The number of methoxy groups -OCH3 is 1. The Morgan fingerprint density at radius 2 is 2.16 bits per heavy atom. The summed E-state index contributed by atoms with van der Waals surface area (Å²) < 4.78 is 11.6. The van der Waals surface area contributed by atoms with E-state index in [0.29, 0.717) is 6.04 Å². The average molecular weight is 263 g/mol. The smallest absolute Gasteiger partial charge is 0.128 e. The van der Waals surface area contributed by atoms with Crippen LogP contribution in [0.25, 0.3) is 0 Å². The molecule has 3 unspecified atom stereocenters. The van der Waals surface area contributed by atoms with Crippen molar-refractivity contribution in [1.29, 1.82) is 0 Å². The molecule has 3 heteroatoms. The second-order valence-corrected chi connectivity index (χ2v) is 5.15. The van der Waals surface area contributed by atoms with Crippen LogP contribution >= 0.6 is 0 Å². The third-order valence-electron chi connectivity index (χ3n) is 3.77. The maximum Gasteiger partial charge on any atom is 0.128 e. The molecule has 1 aliphatic rings. The largest absolute Gasteiger partial charge is 0.488 e. The minimum atomic E-state index is 0.164. The maximum absolute atomic E-state index is 6.04. The maximum atomic E-state index is 6.04. The minimum absolute atomic E-state index is 0.164. The predicted octanol–water partition coefficient (Wildman–Crippen LogP) is 2.78. The van der Waals surface area contributed by atoms with Gasteiger partial charge < -0.3 is 14.8 Å². The molecule has 0 aliphatic heterocycles. The monoisotopic (exact) mass is 263 g/mol. The molecule has 1 aromatic rings. The Morgan fingerprint density at radius 1 is 1.32 bits per heavy atom. The van der Waals surface area contributed by atoms with Crippen LogP contribution in [0.2, 0.25) is 0 Å². The summed E-state index contributed by atoms with van der Waals surface area (Å²) in [4.78, 5) is 0. The minimum Gasteiger partial charge on any atom is -0.488 e. The van der Waals surface area contributed by atoms with Gasteiger partial charge in [0.2, 0.25) is 0 Å². The molecule has 1 aromatic carbocycles. The van der Waals surface area contributed by atoms with Gasteiger partial charge in [-0.15, -0.1) is 0 Å². The third kappa shape index (κ3) is 3.48. The zero-order valence-corrected chi connectivity index (χ0v) is 12.2. The SMILES string of the molecule is CCCNC1CC(Oc2cccc(CC)c2)C1OC. The number of aryl methyl sites for hydroxylation is 1. The Bertz CT molecular complexity index is 394. The highest BCUT2D eigenvalue weighted by atomic mass is 16.5. The summed E-state index contributed by atoms with van der Waals surface area (Å²) in [5.41, 5.74) is 1.31. The molecule has 2 rings (SSSR count). The number of hydrogen-bond acceptors (Lipinski definition) is 3. The van der Waals surface area contributed by atoms with E-state index in [4.69, 9.17) is 9.47 Å². The van der Waals surface area contributed by atoms with Crippen molar-refractivity contribution >= 4 is 0 Å². The fraction of sp³-hybridized carbons (Fsp3) is 0.625. The van der Waals surface area contributed by atoms with Crippen LogP contribution in [0.5, 0.6) is 5.75 Å². The molecule has 19 heavy (non-hydrogen) atoms. The van der Waals surface area contributed by atoms with Crippen molar-refractivity contribution in [3.63, 3.8) is 0 Å². The lowest BCUT2D eigenvalue weighted by Crippen LogP contribution is -2.61. The molecular weight excluding hydrogens is 238 g/mol. The molecule has 0 saturated heterocycles. The molecular formula is C16H25NO2. The van der Waals surface area contributed by atoms with Crippen LogP contribution in [0.15, 0.2) is 24.3 Å². The molecule has 0 spiro atoms. The first-order valence-electron chi connectivity index (χ1n) is 7.30. The summed E-state index contributed by atoms with van der Waals surface area (Å²) in [5, 5.41) is 3.50. The Kier molecular flexibility index (Phi) is 5.23. The van der Waals surface area contributed by atoms with Crippen LogP contribution in [-0.2, 0) is 11.2 Å². The van der Waals surface area contributed by atoms with E-state index in [1.807, 2.05) is 6.07 Å². The van der Waals surface area contributed by atoms with E-state index < -0.39 is 0 Å².